The summed E-state index contributed by atoms with van der Waals surface area (Å²) in [4.78, 5) is 16.4. The van der Waals surface area contributed by atoms with E-state index < -0.39 is 0 Å². The normalized spacial score (nSPS) is 10.6. The standard InChI is InChI=1S/C18H15ClN2O/c19-14-7-8-15-16(10-11-20-17(15)12-14)21-18(22)9-6-13-4-2-1-3-5-13/h1-5,7-8,10-12H,6,9H2,(H,20,21,22). The quantitative estimate of drug-likeness (QED) is 0.773. The van der Waals surface area contributed by atoms with E-state index in [0.717, 1.165) is 28.6 Å². The number of rotatable bonds is 4. The van der Waals surface area contributed by atoms with E-state index in [1.165, 1.54) is 0 Å². The average molecular weight is 311 g/mol. The van der Waals surface area contributed by atoms with Crippen LogP contribution in [0.15, 0.2) is 60.8 Å². The molecule has 0 fully saturated rings. The minimum absolute atomic E-state index is 0.00805. The van der Waals surface area contributed by atoms with Gasteiger partial charge >= 0.3 is 0 Å². The third kappa shape index (κ3) is 3.43. The van der Waals surface area contributed by atoms with E-state index in [9.17, 15) is 4.79 Å². The molecule has 3 nitrogen and oxygen atoms in total. The number of benzene rings is 2. The number of aromatic nitrogens is 1. The predicted molar refractivity (Wildman–Crippen MR) is 90.1 cm³/mol. The molecule has 1 aromatic heterocycles. The fraction of sp³-hybridized carbons (Fsp3) is 0.111. The number of halogens is 1. The topological polar surface area (TPSA) is 42.0 Å². The predicted octanol–water partition coefficient (Wildman–Crippen LogP) is 4.46. The molecular formula is C18H15ClN2O. The van der Waals surface area contributed by atoms with Crippen LogP contribution in [0.4, 0.5) is 5.69 Å². The number of amides is 1. The smallest absolute Gasteiger partial charge is 0.224 e. The van der Waals surface area contributed by atoms with Crippen LogP contribution in [0.2, 0.25) is 5.02 Å². The van der Waals surface area contributed by atoms with Gasteiger partial charge in [-0.3, -0.25) is 9.78 Å². The first-order chi connectivity index (χ1) is 10.7. The largest absolute Gasteiger partial charge is 0.325 e. The zero-order chi connectivity index (χ0) is 15.4. The Hall–Kier alpha value is -2.39. The van der Waals surface area contributed by atoms with Crippen LogP contribution < -0.4 is 5.32 Å². The maximum atomic E-state index is 12.1. The number of anilines is 1. The van der Waals surface area contributed by atoms with E-state index in [2.05, 4.69) is 10.3 Å². The highest BCUT2D eigenvalue weighted by atomic mass is 35.5. The van der Waals surface area contributed by atoms with Crippen molar-refractivity contribution >= 4 is 34.1 Å². The SMILES string of the molecule is O=C(CCc1ccccc1)Nc1ccnc2cc(Cl)ccc12. The number of carbonyl (C=O) groups excluding carboxylic acids is 1. The fourth-order valence-corrected chi connectivity index (χ4v) is 2.51. The van der Waals surface area contributed by atoms with Crippen LogP contribution in [-0.4, -0.2) is 10.9 Å². The number of nitrogens with zero attached hydrogens (tertiary/aromatic N) is 1. The minimum Gasteiger partial charge on any atom is -0.325 e. The maximum absolute atomic E-state index is 12.1. The summed E-state index contributed by atoms with van der Waals surface area (Å²) in [5.41, 5.74) is 2.69. The van der Waals surface area contributed by atoms with Crippen LogP contribution in [0.5, 0.6) is 0 Å². The van der Waals surface area contributed by atoms with Crippen molar-refractivity contribution in [2.75, 3.05) is 5.32 Å². The molecular weight excluding hydrogens is 296 g/mol. The third-order valence-electron chi connectivity index (χ3n) is 3.46. The van der Waals surface area contributed by atoms with Gasteiger partial charge in [-0.1, -0.05) is 41.9 Å². The van der Waals surface area contributed by atoms with Crippen LogP contribution in [0.25, 0.3) is 10.9 Å². The molecule has 0 spiro atoms. The Bertz CT molecular complexity index is 803. The van der Waals surface area contributed by atoms with Gasteiger partial charge in [-0.25, -0.2) is 0 Å². The van der Waals surface area contributed by atoms with Crippen molar-refractivity contribution in [3.05, 3.63) is 71.4 Å². The summed E-state index contributed by atoms with van der Waals surface area (Å²) in [5, 5.41) is 4.47. The van der Waals surface area contributed by atoms with Crippen molar-refractivity contribution in [2.24, 2.45) is 0 Å². The van der Waals surface area contributed by atoms with Crippen molar-refractivity contribution < 1.29 is 4.79 Å². The summed E-state index contributed by atoms with van der Waals surface area (Å²) in [7, 11) is 0. The lowest BCUT2D eigenvalue weighted by molar-refractivity contribution is -0.116. The van der Waals surface area contributed by atoms with Crippen molar-refractivity contribution in [3.8, 4) is 0 Å². The lowest BCUT2D eigenvalue weighted by Crippen LogP contribution is -2.12. The first-order valence-corrected chi connectivity index (χ1v) is 7.48. The molecule has 0 bridgehead atoms. The molecule has 0 aliphatic rings. The van der Waals surface area contributed by atoms with Crippen LogP contribution in [0.3, 0.4) is 0 Å². The number of nitrogens with one attached hydrogen (secondary N) is 1. The summed E-state index contributed by atoms with van der Waals surface area (Å²) in [6.45, 7) is 0. The average Bonchev–Trinajstić information content (AvgIpc) is 2.54. The molecule has 0 aliphatic heterocycles. The molecule has 1 N–H and O–H groups in total. The highest BCUT2D eigenvalue weighted by molar-refractivity contribution is 6.31. The molecule has 2 aromatic carbocycles. The fourth-order valence-electron chi connectivity index (χ4n) is 2.35. The van der Waals surface area contributed by atoms with E-state index in [1.807, 2.05) is 36.4 Å². The molecule has 22 heavy (non-hydrogen) atoms. The first-order valence-electron chi connectivity index (χ1n) is 7.10. The van der Waals surface area contributed by atoms with E-state index in [0.29, 0.717) is 11.4 Å². The lowest BCUT2D eigenvalue weighted by atomic mass is 10.1. The van der Waals surface area contributed by atoms with Gasteiger partial charge in [0.2, 0.25) is 5.91 Å². The Kier molecular flexibility index (Phi) is 4.35. The molecule has 0 radical (unpaired) electrons. The summed E-state index contributed by atoms with van der Waals surface area (Å²) in [6.07, 6.45) is 2.84. The Morgan fingerprint density at radius 3 is 2.73 bits per heavy atom. The second-order valence-electron chi connectivity index (χ2n) is 5.05. The Morgan fingerprint density at radius 2 is 1.91 bits per heavy atom. The van der Waals surface area contributed by atoms with Crippen molar-refractivity contribution in [2.45, 2.75) is 12.8 Å². The van der Waals surface area contributed by atoms with Gasteiger partial charge < -0.3 is 5.32 Å². The van der Waals surface area contributed by atoms with Crippen molar-refractivity contribution in [1.82, 2.24) is 4.98 Å². The van der Waals surface area contributed by atoms with E-state index >= 15 is 0 Å². The number of aryl methyl sites for hydroxylation is 1. The van der Waals surface area contributed by atoms with Gasteiger partial charge in [0.05, 0.1) is 11.2 Å². The maximum Gasteiger partial charge on any atom is 0.224 e. The van der Waals surface area contributed by atoms with Gasteiger partial charge in [0.25, 0.3) is 0 Å². The zero-order valence-electron chi connectivity index (χ0n) is 11.9. The van der Waals surface area contributed by atoms with E-state index in [4.69, 9.17) is 11.6 Å². The molecule has 0 unspecified atom stereocenters. The lowest BCUT2D eigenvalue weighted by Gasteiger charge is -2.08. The molecule has 1 heterocycles. The van der Waals surface area contributed by atoms with Gasteiger partial charge in [-0.15, -0.1) is 0 Å². The van der Waals surface area contributed by atoms with Gasteiger partial charge in [-0.05, 0) is 36.2 Å². The zero-order valence-corrected chi connectivity index (χ0v) is 12.7. The summed E-state index contributed by atoms with van der Waals surface area (Å²) in [6, 6.07) is 17.2. The third-order valence-corrected chi connectivity index (χ3v) is 3.70. The number of hydrogen-bond donors (Lipinski definition) is 1. The van der Waals surface area contributed by atoms with Gasteiger partial charge in [0, 0.05) is 23.0 Å². The molecule has 4 heteroatoms. The number of carbonyl (C=O) groups is 1. The molecule has 0 saturated heterocycles. The first kappa shape index (κ1) is 14.5. The van der Waals surface area contributed by atoms with Crippen LogP contribution in [0.1, 0.15) is 12.0 Å². The molecule has 1 amide bonds. The molecule has 110 valence electrons. The van der Waals surface area contributed by atoms with Gasteiger partial charge in [0.1, 0.15) is 0 Å². The Labute approximate surface area is 133 Å². The monoisotopic (exact) mass is 310 g/mol. The summed E-state index contributed by atoms with van der Waals surface area (Å²) >= 11 is 5.97. The Balaban J connectivity index is 1.71. The molecule has 3 rings (SSSR count). The molecule has 0 saturated carbocycles. The molecule has 0 aliphatic carbocycles. The second kappa shape index (κ2) is 6.58. The van der Waals surface area contributed by atoms with E-state index in [1.54, 1.807) is 24.4 Å². The second-order valence-corrected chi connectivity index (χ2v) is 5.49. The molecule has 0 atom stereocenters. The van der Waals surface area contributed by atoms with Crippen LogP contribution >= 0.6 is 11.6 Å². The summed E-state index contributed by atoms with van der Waals surface area (Å²) in [5.74, 6) is -0.00805. The van der Waals surface area contributed by atoms with Gasteiger partial charge in [-0.2, -0.15) is 0 Å². The highest BCUT2D eigenvalue weighted by Gasteiger charge is 2.07. The Morgan fingerprint density at radius 1 is 1.09 bits per heavy atom. The van der Waals surface area contributed by atoms with Gasteiger partial charge in [0.15, 0.2) is 0 Å². The number of pyridine rings is 1. The van der Waals surface area contributed by atoms with Crippen molar-refractivity contribution in [3.63, 3.8) is 0 Å². The number of fused-ring (bicyclic) bond motifs is 1. The van der Waals surface area contributed by atoms with E-state index in [-0.39, 0.29) is 5.91 Å². The van der Waals surface area contributed by atoms with Crippen LogP contribution in [0, 0.1) is 0 Å². The van der Waals surface area contributed by atoms with Crippen molar-refractivity contribution in [1.29, 1.82) is 0 Å². The minimum atomic E-state index is -0.00805. The molecule has 3 aromatic rings. The van der Waals surface area contributed by atoms with Crippen LogP contribution in [-0.2, 0) is 11.2 Å². The number of hydrogen-bond acceptors (Lipinski definition) is 2. The highest BCUT2D eigenvalue weighted by Crippen LogP contribution is 2.24. The summed E-state index contributed by atoms with van der Waals surface area (Å²) < 4.78 is 0.